The summed E-state index contributed by atoms with van der Waals surface area (Å²) in [6.45, 7) is 4.68. The van der Waals surface area contributed by atoms with Crippen molar-refractivity contribution in [2.75, 3.05) is 13.2 Å². The van der Waals surface area contributed by atoms with E-state index >= 15 is 0 Å². The maximum absolute atomic E-state index is 5.66. The second-order valence-corrected chi connectivity index (χ2v) is 6.12. The maximum Gasteiger partial charge on any atom is 0.119 e. The van der Waals surface area contributed by atoms with Crippen LogP contribution in [0.1, 0.15) is 17.4 Å². The van der Waals surface area contributed by atoms with E-state index in [0.717, 1.165) is 29.7 Å². The summed E-state index contributed by atoms with van der Waals surface area (Å²) >= 11 is 5.23. The van der Waals surface area contributed by atoms with Crippen LogP contribution in [0.15, 0.2) is 40.2 Å². The van der Waals surface area contributed by atoms with E-state index < -0.39 is 0 Å². The van der Waals surface area contributed by atoms with E-state index in [-0.39, 0.29) is 0 Å². The van der Waals surface area contributed by atoms with Crippen molar-refractivity contribution in [1.29, 1.82) is 0 Å². The van der Waals surface area contributed by atoms with Crippen molar-refractivity contribution >= 4 is 27.3 Å². The highest BCUT2D eigenvalue weighted by atomic mass is 79.9. The molecule has 0 atom stereocenters. The molecule has 0 spiro atoms. The summed E-state index contributed by atoms with van der Waals surface area (Å²) in [4.78, 5) is 1.44. The van der Waals surface area contributed by atoms with Gasteiger partial charge < -0.3 is 10.1 Å². The van der Waals surface area contributed by atoms with Crippen molar-refractivity contribution in [3.05, 3.63) is 50.6 Å². The number of ether oxygens (including phenoxy) is 1. The molecule has 0 aliphatic heterocycles. The molecule has 1 N–H and O–H groups in total. The standard InChI is InChI=1S/C15H18BrNOS/c1-2-12-7-10-19-15(12)11-17-8-9-18-14-5-3-13(16)4-6-14/h3-7,10,17H,2,8-9,11H2,1H3. The van der Waals surface area contributed by atoms with E-state index in [4.69, 9.17) is 4.74 Å². The zero-order valence-corrected chi connectivity index (χ0v) is 13.4. The summed E-state index contributed by atoms with van der Waals surface area (Å²) in [7, 11) is 0. The Bertz CT molecular complexity index is 495. The van der Waals surface area contributed by atoms with Gasteiger partial charge in [0.15, 0.2) is 0 Å². The molecule has 2 nitrogen and oxygen atoms in total. The van der Waals surface area contributed by atoms with Gasteiger partial charge in [0.1, 0.15) is 12.4 Å². The average molecular weight is 340 g/mol. The number of thiophene rings is 1. The average Bonchev–Trinajstić information content (AvgIpc) is 2.88. The third kappa shape index (κ3) is 4.64. The van der Waals surface area contributed by atoms with Crippen LogP contribution in [-0.4, -0.2) is 13.2 Å². The number of nitrogens with one attached hydrogen (secondary N) is 1. The fourth-order valence-corrected chi connectivity index (χ4v) is 3.02. The van der Waals surface area contributed by atoms with Gasteiger partial charge in [0, 0.05) is 22.4 Å². The molecule has 0 saturated heterocycles. The van der Waals surface area contributed by atoms with Crippen molar-refractivity contribution in [2.45, 2.75) is 19.9 Å². The molecular formula is C15H18BrNOS. The Balaban J connectivity index is 1.66. The second-order valence-electron chi connectivity index (χ2n) is 4.20. The third-order valence-corrected chi connectivity index (χ3v) is 4.36. The van der Waals surface area contributed by atoms with E-state index in [1.165, 1.54) is 10.4 Å². The molecule has 0 bridgehead atoms. The van der Waals surface area contributed by atoms with Crippen molar-refractivity contribution in [3.8, 4) is 5.75 Å². The normalized spacial score (nSPS) is 10.6. The molecule has 19 heavy (non-hydrogen) atoms. The van der Waals surface area contributed by atoms with Crippen LogP contribution in [0.4, 0.5) is 0 Å². The van der Waals surface area contributed by atoms with E-state index in [1.807, 2.05) is 35.6 Å². The van der Waals surface area contributed by atoms with Crippen LogP contribution in [0.25, 0.3) is 0 Å². The highest BCUT2D eigenvalue weighted by Crippen LogP contribution is 2.17. The molecule has 0 aliphatic carbocycles. The van der Waals surface area contributed by atoms with Crippen molar-refractivity contribution < 1.29 is 4.74 Å². The van der Waals surface area contributed by atoms with Crippen LogP contribution >= 0.6 is 27.3 Å². The fourth-order valence-electron chi connectivity index (χ4n) is 1.81. The van der Waals surface area contributed by atoms with Crippen LogP contribution in [0.3, 0.4) is 0 Å². The van der Waals surface area contributed by atoms with Crippen LogP contribution in [-0.2, 0) is 13.0 Å². The molecule has 0 saturated carbocycles. The molecule has 1 aromatic carbocycles. The Kier molecular flexibility index (Phi) is 5.89. The predicted molar refractivity (Wildman–Crippen MR) is 85.0 cm³/mol. The molecule has 0 fully saturated rings. The first-order chi connectivity index (χ1) is 9.29. The van der Waals surface area contributed by atoms with Gasteiger partial charge >= 0.3 is 0 Å². The minimum absolute atomic E-state index is 0.689. The molecule has 2 aromatic rings. The molecule has 4 heteroatoms. The minimum atomic E-state index is 0.689. The maximum atomic E-state index is 5.66. The molecule has 1 aromatic heterocycles. The molecular weight excluding hydrogens is 322 g/mol. The summed E-state index contributed by atoms with van der Waals surface area (Å²) in [5.41, 5.74) is 1.45. The zero-order chi connectivity index (χ0) is 13.5. The van der Waals surface area contributed by atoms with E-state index in [1.54, 1.807) is 0 Å². The molecule has 0 unspecified atom stereocenters. The van der Waals surface area contributed by atoms with E-state index in [2.05, 4.69) is 39.6 Å². The van der Waals surface area contributed by atoms with Crippen molar-refractivity contribution in [1.82, 2.24) is 5.32 Å². The smallest absolute Gasteiger partial charge is 0.119 e. The summed E-state index contributed by atoms with van der Waals surface area (Å²) in [5.74, 6) is 0.912. The molecule has 102 valence electrons. The van der Waals surface area contributed by atoms with Gasteiger partial charge in [0.2, 0.25) is 0 Å². The number of halogens is 1. The largest absolute Gasteiger partial charge is 0.492 e. The van der Waals surface area contributed by atoms with Gasteiger partial charge in [-0.2, -0.15) is 0 Å². The minimum Gasteiger partial charge on any atom is -0.492 e. The topological polar surface area (TPSA) is 21.3 Å². The van der Waals surface area contributed by atoms with Gasteiger partial charge in [-0.25, -0.2) is 0 Å². The number of rotatable bonds is 7. The number of hydrogen-bond donors (Lipinski definition) is 1. The summed E-state index contributed by atoms with van der Waals surface area (Å²) in [5, 5.41) is 5.58. The highest BCUT2D eigenvalue weighted by molar-refractivity contribution is 9.10. The lowest BCUT2D eigenvalue weighted by molar-refractivity contribution is 0.314. The third-order valence-electron chi connectivity index (χ3n) is 2.87. The SMILES string of the molecule is CCc1ccsc1CNCCOc1ccc(Br)cc1. The summed E-state index contributed by atoms with van der Waals surface area (Å²) in [6, 6.07) is 10.1. The lowest BCUT2D eigenvalue weighted by Gasteiger charge is -2.07. The van der Waals surface area contributed by atoms with Gasteiger partial charge in [-0.3, -0.25) is 0 Å². The first kappa shape index (κ1) is 14.6. The lowest BCUT2D eigenvalue weighted by Crippen LogP contribution is -2.20. The Morgan fingerprint density at radius 2 is 2.00 bits per heavy atom. The van der Waals surface area contributed by atoms with Gasteiger partial charge in [-0.1, -0.05) is 22.9 Å². The summed E-state index contributed by atoms with van der Waals surface area (Å²) in [6.07, 6.45) is 1.11. The molecule has 0 amide bonds. The molecule has 0 aliphatic rings. The monoisotopic (exact) mass is 339 g/mol. The molecule has 0 radical (unpaired) electrons. The second kappa shape index (κ2) is 7.68. The Morgan fingerprint density at radius 3 is 2.74 bits per heavy atom. The Hall–Kier alpha value is -0.840. The van der Waals surface area contributed by atoms with Gasteiger partial charge in [0.05, 0.1) is 0 Å². The van der Waals surface area contributed by atoms with Gasteiger partial charge in [-0.05, 0) is 47.7 Å². The van der Waals surface area contributed by atoms with Gasteiger partial charge in [-0.15, -0.1) is 11.3 Å². The Labute approximate surface area is 126 Å². The number of benzene rings is 1. The van der Waals surface area contributed by atoms with Gasteiger partial charge in [0.25, 0.3) is 0 Å². The first-order valence-electron chi connectivity index (χ1n) is 6.44. The van der Waals surface area contributed by atoms with Crippen molar-refractivity contribution in [2.24, 2.45) is 0 Å². The van der Waals surface area contributed by atoms with Crippen molar-refractivity contribution in [3.63, 3.8) is 0 Å². The quantitative estimate of drug-likeness (QED) is 0.761. The lowest BCUT2D eigenvalue weighted by atomic mass is 10.2. The Morgan fingerprint density at radius 1 is 1.21 bits per heavy atom. The first-order valence-corrected chi connectivity index (χ1v) is 8.11. The van der Waals surface area contributed by atoms with Crippen LogP contribution in [0, 0.1) is 0 Å². The number of hydrogen-bond acceptors (Lipinski definition) is 3. The number of aryl methyl sites for hydroxylation is 1. The predicted octanol–water partition coefficient (Wildman–Crippen LogP) is 4.24. The van der Waals surface area contributed by atoms with E-state index in [0.29, 0.717) is 6.61 Å². The van der Waals surface area contributed by atoms with Crippen LogP contribution < -0.4 is 10.1 Å². The van der Waals surface area contributed by atoms with Crippen LogP contribution in [0.2, 0.25) is 0 Å². The van der Waals surface area contributed by atoms with Crippen LogP contribution in [0.5, 0.6) is 5.75 Å². The zero-order valence-electron chi connectivity index (χ0n) is 11.0. The summed E-state index contributed by atoms with van der Waals surface area (Å²) < 4.78 is 6.73. The van der Waals surface area contributed by atoms with E-state index in [9.17, 15) is 0 Å². The molecule has 2 rings (SSSR count). The molecule has 1 heterocycles. The fraction of sp³-hybridized carbons (Fsp3) is 0.333. The highest BCUT2D eigenvalue weighted by Gasteiger charge is 2.01.